The molecule has 0 radical (unpaired) electrons. The van der Waals surface area contributed by atoms with Crippen molar-refractivity contribution in [2.24, 2.45) is 0 Å². The lowest BCUT2D eigenvalue weighted by Gasteiger charge is -2.35. The molecule has 2 aliphatic rings. The molecule has 3 heterocycles. The number of hydrogen-bond acceptors (Lipinski definition) is 5. The van der Waals surface area contributed by atoms with Gasteiger partial charge >= 0.3 is 0 Å². The molecule has 0 bridgehead atoms. The van der Waals surface area contributed by atoms with Gasteiger partial charge in [0.2, 0.25) is 5.91 Å². The first kappa shape index (κ1) is 20.2. The van der Waals surface area contributed by atoms with Gasteiger partial charge in [0, 0.05) is 55.4 Å². The number of halogens is 1. The number of nitrogens with one attached hydrogen (secondary N) is 1. The number of carbonyl (C=O) groups excluding carboxylic acids is 1. The number of nitrogens with zero attached hydrogens (tertiary/aromatic N) is 3. The van der Waals surface area contributed by atoms with Crippen molar-refractivity contribution in [3.63, 3.8) is 0 Å². The number of piperidine rings is 1. The average Bonchev–Trinajstić information content (AvgIpc) is 3.20. The molecule has 0 aliphatic carbocycles. The molecule has 0 atom stereocenters. The van der Waals surface area contributed by atoms with Gasteiger partial charge in [-0.15, -0.1) is 5.06 Å². The molecule has 1 fully saturated rings. The highest BCUT2D eigenvalue weighted by molar-refractivity contribution is 6.35. The van der Waals surface area contributed by atoms with E-state index in [9.17, 15) is 4.79 Å². The predicted molar refractivity (Wildman–Crippen MR) is 122 cm³/mol. The van der Waals surface area contributed by atoms with Crippen LogP contribution in [0.5, 0.6) is 5.75 Å². The quantitative estimate of drug-likeness (QED) is 0.646. The molecule has 1 saturated heterocycles. The van der Waals surface area contributed by atoms with Crippen molar-refractivity contribution in [2.75, 3.05) is 18.4 Å². The highest BCUT2D eigenvalue weighted by Crippen LogP contribution is 2.40. The van der Waals surface area contributed by atoms with E-state index in [1.165, 1.54) is 12.5 Å². The molecular formula is C24H25ClN4O2. The van der Waals surface area contributed by atoms with Gasteiger partial charge in [0.15, 0.2) is 5.75 Å². The molecule has 0 unspecified atom stereocenters. The zero-order valence-corrected chi connectivity index (χ0v) is 18.2. The van der Waals surface area contributed by atoms with Crippen molar-refractivity contribution < 1.29 is 9.63 Å². The van der Waals surface area contributed by atoms with E-state index in [2.05, 4.69) is 32.4 Å². The summed E-state index contributed by atoms with van der Waals surface area (Å²) in [5, 5.41) is 6.58. The largest absolute Gasteiger partial charge is 0.403 e. The summed E-state index contributed by atoms with van der Waals surface area (Å²) in [5.41, 5.74) is 4.04. The maximum absolute atomic E-state index is 11.2. The number of fused-ring (bicyclic) bond motifs is 3. The standard InChI is InChI=1S/C24H25ClN4O2/c1-16(30)27-19-6-4-17(5-7-19)14-28-11-8-20(9-12-28)29-15-18-13-22(25)21-3-2-10-26-23(21)24(18)31-29/h2-7,10,13,20H,8-9,11-12,14-15H2,1H3,(H,27,30). The smallest absolute Gasteiger partial charge is 0.221 e. The van der Waals surface area contributed by atoms with Gasteiger partial charge in [0.05, 0.1) is 11.6 Å². The summed E-state index contributed by atoms with van der Waals surface area (Å²) in [6.07, 6.45) is 3.89. The van der Waals surface area contributed by atoms with Gasteiger partial charge in [0.25, 0.3) is 0 Å². The van der Waals surface area contributed by atoms with Crippen molar-refractivity contribution in [3.8, 4) is 5.75 Å². The van der Waals surface area contributed by atoms with E-state index in [-0.39, 0.29) is 5.91 Å². The Labute approximate surface area is 186 Å². The summed E-state index contributed by atoms with van der Waals surface area (Å²) in [5.74, 6) is 0.800. The molecule has 160 valence electrons. The minimum absolute atomic E-state index is 0.0489. The number of amides is 1. The second-order valence-electron chi connectivity index (χ2n) is 8.30. The van der Waals surface area contributed by atoms with E-state index in [4.69, 9.17) is 16.4 Å². The van der Waals surface area contributed by atoms with Crippen LogP contribution in [-0.4, -0.2) is 40.0 Å². The van der Waals surface area contributed by atoms with E-state index in [1.807, 2.05) is 30.3 Å². The molecule has 7 heteroatoms. The van der Waals surface area contributed by atoms with Gasteiger partial charge in [-0.3, -0.25) is 14.7 Å². The van der Waals surface area contributed by atoms with Gasteiger partial charge in [-0.1, -0.05) is 23.7 Å². The Morgan fingerprint density at radius 2 is 2.00 bits per heavy atom. The summed E-state index contributed by atoms with van der Waals surface area (Å²) in [7, 11) is 0. The summed E-state index contributed by atoms with van der Waals surface area (Å²) in [6, 6.07) is 14.4. The van der Waals surface area contributed by atoms with Crippen LogP contribution >= 0.6 is 11.6 Å². The number of likely N-dealkylation sites (tertiary alicyclic amines) is 1. The number of hydroxylamine groups is 2. The molecule has 1 aromatic heterocycles. The Morgan fingerprint density at radius 3 is 2.74 bits per heavy atom. The number of carbonyl (C=O) groups is 1. The third-order valence-corrected chi connectivity index (χ3v) is 6.36. The molecule has 2 aliphatic heterocycles. The second kappa shape index (κ2) is 8.46. The number of rotatable bonds is 4. The van der Waals surface area contributed by atoms with Crippen molar-refractivity contribution in [2.45, 2.75) is 38.9 Å². The first-order valence-corrected chi connectivity index (χ1v) is 11.0. The number of hydrogen-bond donors (Lipinski definition) is 1. The van der Waals surface area contributed by atoms with Gasteiger partial charge < -0.3 is 10.2 Å². The minimum Gasteiger partial charge on any atom is -0.403 e. The third-order valence-electron chi connectivity index (χ3n) is 6.05. The van der Waals surface area contributed by atoms with Gasteiger partial charge in [-0.2, -0.15) is 0 Å². The normalized spacial score (nSPS) is 17.5. The van der Waals surface area contributed by atoms with Gasteiger partial charge in [-0.05, 0) is 48.7 Å². The Bertz CT molecular complexity index is 1110. The molecule has 31 heavy (non-hydrogen) atoms. The zero-order valence-electron chi connectivity index (χ0n) is 17.5. The van der Waals surface area contributed by atoms with Crippen LogP contribution in [-0.2, 0) is 17.9 Å². The highest BCUT2D eigenvalue weighted by Gasteiger charge is 2.32. The number of benzene rings is 2. The number of aromatic nitrogens is 1. The summed E-state index contributed by atoms with van der Waals surface area (Å²) in [4.78, 5) is 24.4. The molecular weight excluding hydrogens is 412 g/mol. The van der Waals surface area contributed by atoms with E-state index in [1.54, 1.807) is 6.20 Å². The van der Waals surface area contributed by atoms with E-state index < -0.39 is 0 Å². The van der Waals surface area contributed by atoms with Crippen LogP contribution < -0.4 is 10.2 Å². The summed E-state index contributed by atoms with van der Waals surface area (Å²) in [6.45, 7) is 5.23. The Morgan fingerprint density at radius 1 is 1.23 bits per heavy atom. The maximum atomic E-state index is 11.2. The molecule has 3 aromatic rings. The van der Waals surface area contributed by atoms with Crippen LogP contribution in [0.2, 0.25) is 5.02 Å². The molecule has 6 nitrogen and oxygen atoms in total. The van der Waals surface area contributed by atoms with Crippen LogP contribution in [0.25, 0.3) is 10.9 Å². The fraction of sp³-hybridized carbons (Fsp3) is 0.333. The predicted octanol–water partition coefficient (Wildman–Crippen LogP) is 4.62. The van der Waals surface area contributed by atoms with Crippen LogP contribution in [0.3, 0.4) is 0 Å². The second-order valence-corrected chi connectivity index (χ2v) is 8.71. The minimum atomic E-state index is -0.0489. The van der Waals surface area contributed by atoms with Crippen LogP contribution in [0.15, 0.2) is 48.7 Å². The number of anilines is 1. The number of pyridine rings is 1. The SMILES string of the molecule is CC(=O)Nc1ccc(CN2CCC(N3Cc4cc(Cl)c5cccnc5c4O3)CC2)cc1. The molecule has 1 amide bonds. The third kappa shape index (κ3) is 4.24. The van der Waals surface area contributed by atoms with Crippen LogP contribution in [0, 0.1) is 0 Å². The van der Waals surface area contributed by atoms with E-state index >= 15 is 0 Å². The van der Waals surface area contributed by atoms with Crippen molar-refractivity contribution in [1.29, 1.82) is 0 Å². The van der Waals surface area contributed by atoms with Crippen molar-refractivity contribution in [1.82, 2.24) is 14.9 Å². The topological polar surface area (TPSA) is 57.7 Å². The molecule has 0 saturated carbocycles. The zero-order chi connectivity index (χ0) is 21.4. The first-order valence-electron chi connectivity index (χ1n) is 10.7. The molecule has 1 N–H and O–H groups in total. The summed E-state index contributed by atoms with van der Waals surface area (Å²) < 4.78 is 0. The van der Waals surface area contributed by atoms with E-state index in [0.29, 0.717) is 6.04 Å². The van der Waals surface area contributed by atoms with Crippen molar-refractivity contribution >= 4 is 34.1 Å². The highest BCUT2D eigenvalue weighted by atomic mass is 35.5. The van der Waals surface area contributed by atoms with E-state index in [0.717, 1.165) is 71.9 Å². The van der Waals surface area contributed by atoms with Gasteiger partial charge in [-0.25, -0.2) is 0 Å². The molecule has 2 aromatic carbocycles. The van der Waals surface area contributed by atoms with Crippen LogP contribution in [0.4, 0.5) is 5.69 Å². The fourth-order valence-corrected chi connectivity index (χ4v) is 4.77. The molecule has 0 spiro atoms. The Balaban J connectivity index is 1.19. The lowest BCUT2D eigenvalue weighted by atomic mass is 10.0. The molecule has 5 rings (SSSR count). The lowest BCUT2D eigenvalue weighted by Crippen LogP contribution is -2.44. The Kier molecular flexibility index (Phi) is 5.52. The monoisotopic (exact) mass is 436 g/mol. The van der Waals surface area contributed by atoms with Gasteiger partial charge in [0.1, 0.15) is 5.52 Å². The first-order chi connectivity index (χ1) is 15.1. The maximum Gasteiger partial charge on any atom is 0.221 e. The van der Waals surface area contributed by atoms with Crippen LogP contribution in [0.1, 0.15) is 30.9 Å². The average molecular weight is 437 g/mol. The fourth-order valence-electron chi connectivity index (χ4n) is 4.49. The van der Waals surface area contributed by atoms with Crippen molar-refractivity contribution in [3.05, 3.63) is 64.8 Å². The Hall–Kier alpha value is -2.67. The summed E-state index contributed by atoms with van der Waals surface area (Å²) >= 11 is 6.46. The lowest BCUT2D eigenvalue weighted by molar-refractivity contribution is -0.114.